The van der Waals surface area contributed by atoms with Crippen LogP contribution in [0.15, 0.2) is 47.8 Å². The molecule has 1 aliphatic heterocycles. The zero-order chi connectivity index (χ0) is 13.1. The van der Waals surface area contributed by atoms with Crippen LogP contribution < -0.4 is 5.32 Å². The highest BCUT2D eigenvalue weighted by molar-refractivity contribution is 7.10. The number of urea groups is 1. The molecule has 0 spiro atoms. The van der Waals surface area contributed by atoms with Gasteiger partial charge in [-0.2, -0.15) is 0 Å². The maximum Gasteiger partial charge on any atom is 0.322 e. The van der Waals surface area contributed by atoms with Crippen LogP contribution in [0, 0.1) is 0 Å². The number of carbonyl (C=O) groups is 1. The average molecular weight is 272 g/mol. The van der Waals surface area contributed by atoms with E-state index in [0.29, 0.717) is 0 Å². The van der Waals surface area contributed by atoms with Gasteiger partial charge in [0.1, 0.15) is 0 Å². The summed E-state index contributed by atoms with van der Waals surface area (Å²) >= 11 is 1.73. The summed E-state index contributed by atoms with van der Waals surface area (Å²) in [6, 6.07) is 14.0. The molecule has 1 fully saturated rings. The number of anilines is 1. The first-order chi connectivity index (χ1) is 9.34. The molecule has 3 nitrogen and oxygen atoms in total. The van der Waals surface area contributed by atoms with Crippen LogP contribution >= 0.6 is 11.3 Å². The molecule has 0 unspecified atom stereocenters. The van der Waals surface area contributed by atoms with Crippen molar-refractivity contribution >= 4 is 23.1 Å². The Labute approximate surface area is 116 Å². The lowest BCUT2D eigenvalue weighted by atomic mass is 10.2. The topological polar surface area (TPSA) is 32.3 Å². The van der Waals surface area contributed by atoms with Gasteiger partial charge in [-0.3, -0.25) is 0 Å². The van der Waals surface area contributed by atoms with E-state index in [1.807, 2.05) is 41.3 Å². The van der Waals surface area contributed by atoms with Gasteiger partial charge in [-0.25, -0.2) is 4.79 Å². The number of nitrogens with zero attached hydrogens (tertiary/aromatic N) is 1. The van der Waals surface area contributed by atoms with Crippen LogP contribution in [0.3, 0.4) is 0 Å². The molecule has 1 aromatic heterocycles. The van der Waals surface area contributed by atoms with Crippen molar-refractivity contribution in [2.45, 2.75) is 18.9 Å². The second-order valence-electron chi connectivity index (χ2n) is 4.66. The molecule has 0 bridgehead atoms. The smallest absolute Gasteiger partial charge is 0.317 e. The van der Waals surface area contributed by atoms with Crippen molar-refractivity contribution in [1.82, 2.24) is 4.90 Å². The number of carbonyl (C=O) groups excluding carboxylic acids is 1. The van der Waals surface area contributed by atoms with E-state index in [1.165, 1.54) is 4.88 Å². The van der Waals surface area contributed by atoms with Gasteiger partial charge in [0, 0.05) is 17.1 Å². The van der Waals surface area contributed by atoms with E-state index in [-0.39, 0.29) is 12.1 Å². The van der Waals surface area contributed by atoms with Gasteiger partial charge in [-0.15, -0.1) is 11.3 Å². The summed E-state index contributed by atoms with van der Waals surface area (Å²) in [4.78, 5) is 15.6. The number of nitrogens with one attached hydrogen (secondary N) is 1. The SMILES string of the molecule is O=C(Nc1ccccc1)N1CCC[C@@H]1c1cccs1. The first-order valence-electron chi connectivity index (χ1n) is 6.50. The van der Waals surface area contributed by atoms with Crippen LogP contribution in [0.2, 0.25) is 0 Å². The van der Waals surface area contributed by atoms with E-state index >= 15 is 0 Å². The molecule has 3 rings (SSSR count). The van der Waals surface area contributed by atoms with Gasteiger partial charge in [0.15, 0.2) is 0 Å². The minimum Gasteiger partial charge on any atom is -0.317 e. The van der Waals surface area contributed by atoms with Crippen LogP contribution in [-0.4, -0.2) is 17.5 Å². The number of amides is 2. The van der Waals surface area contributed by atoms with Crippen molar-refractivity contribution in [3.63, 3.8) is 0 Å². The molecule has 1 aromatic carbocycles. The summed E-state index contributed by atoms with van der Waals surface area (Å²) in [5, 5.41) is 5.04. The Bertz CT molecular complexity index is 539. The fourth-order valence-electron chi connectivity index (χ4n) is 2.50. The summed E-state index contributed by atoms with van der Waals surface area (Å²) in [5.74, 6) is 0. The zero-order valence-corrected chi connectivity index (χ0v) is 11.4. The highest BCUT2D eigenvalue weighted by Crippen LogP contribution is 2.34. The molecule has 1 saturated heterocycles. The Hall–Kier alpha value is -1.81. The average Bonchev–Trinajstić information content (AvgIpc) is 3.10. The minimum absolute atomic E-state index is 0.00194. The standard InChI is InChI=1S/C15H16N2OS/c18-15(16-12-6-2-1-3-7-12)17-10-4-8-13(17)14-9-5-11-19-14/h1-3,5-7,9,11,13H,4,8,10H2,(H,16,18)/t13-/m1/s1. The van der Waals surface area contributed by atoms with Crippen molar-refractivity contribution in [2.75, 3.05) is 11.9 Å². The third-order valence-electron chi connectivity index (χ3n) is 3.41. The molecule has 2 amide bonds. The minimum atomic E-state index is 0.00194. The lowest BCUT2D eigenvalue weighted by Crippen LogP contribution is -2.34. The maximum atomic E-state index is 12.3. The summed E-state index contributed by atoms with van der Waals surface area (Å²) in [6.45, 7) is 0.835. The van der Waals surface area contributed by atoms with Gasteiger partial charge in [0.25, 0.3) is 0 Å². The lowest BCUT2D eigenvalue weighted by molar-refractivity contribution is 0.208. The van der Waals surface area contributed by atoms with Gasteiger partial charge in [0.2, 0.25) is 0 Å². The molecular weight excluding hydrogens is 256 g/mol. The Morgan fingerprint density at radius 3 is 2.79 bits per heavy atom. The largest absolute Gasteiger partial charge is 0.322 e. The maximum absolute atomic E-state index is 12.3. The van der Waals surface area contributed by atoms with Crippen molar-refractivity contribution in [1.29, 1.82) is 0 Å². The third kappa shape index (κ3) is 2.63. The second-order valence-corrected chi connectivity index (χ2v) is 5.64. The van der Waals surface area contributed by atoms with Crippen LogP contribution in [0.5, 0.6) is 0 Å². The van der Waals surface area contributed by atoms with Crippen molar-refractivity contribution < 1.29 is 4.79 Å². The first kappa shape index (κ1) is 12.2. The molecule has 1 N–H and O–H groups in total. The van der Waals surface area contributed by atoms with Gasteiger partial charge < -0.3 is 10.2 Å². The highest BCUT2D eigenvalue weighted by atomic mass is 32.1. The van der Waals surface area contributed by atoms with E-state index in [0.717, 1.165) is 25.1 Å². The van der Waals surface area contributed by atoms with Gasteiger partial charge in [-0.05, 0) is 36.4 Å². The fourth-order valence-corrected chi connectivity index (χ4v) is 3.38. The van der Waals surface area contributed by atoms with Crippen LogP contribution in [0.25, 0.3) is 0 Å². The molecule has 1 aliphatic rings. The Balaban J connectivity index is 1.72. The van der Waals surface area contributed by atoms with Crippen molar-refractivity contribution in [3.8, 4) is 0 Å². The van der Waals surface area contributed by atoms with Crippen molar-refractivity contribution in [2.24, 2.45) is 0 Å². The fraction of sp³-hybridized carbons (Fsp3) is 0.267. The van der Waals surface area contributed by atoms with E-state index in [9.17, 15) is 4.79 Å². The number of para-hydroxylation sites is 1. The molecule has 0 aliphatic carbocycles. The summed E-state index contributed by atoms with van der Waals surface area (Å²) in [7, 11) is 0. The number of benzene rings is 1. The Morgan fingerprint density at radius 2 is 2.05 bits per heavy atom. The van der Waals surface area contributed by atoms with Crippen LogP contribution in [0.4, 0.5) is 10.5 Å². The molecule has 0 saturated carbocycles. The predicted molar refractivity (Wildman–Crippen MR) is 78.5 cm³/mol. The molecule has 0 radical (unpaired) electrons. The lowest BCUT2D eigenvalue weighted by Gasteiger charge is -2.24. The Kier molecular flexibility index (Phi) is 3.51. The number of rotatable bonds is 2. The molecule has 2 aromatic rings. The van der Waals surface area contributed by atoms with E-state index in [1.54, 1.807) is 11.3 Å². The molecule has 1 atom stereocenters. The molecule has 19 heavy (non-hydrogen) atoms. The monoisotopic (exact) mass is 272 g/mol. The number of likely N-dealkylation sites (tertiary alicyclic amines) is 1. The third-order valence-corrected chi connectivity index (χ3v) is 4.38. The quantitative estimate of drug-likeness (QED) is 0.876. The predicted octanol–water partition coefficient (Wildman–Crippen LogP) is 4.12. The molecular formula is C15H16N2OS. The summed E-state index contributed by atoms with van der Waals surface area (Å²) in [5.41, 5.74) is 0.851. The summed E-state index contributed by atoms with van der Waals surface area (Å²) < 4.78 is 0. The van der Waals surface area contributed by atoms with E-state index in [2.05, 4.69) is 16.8 Å². The molecule has 2 heterocycles. The second kappa shape index (κ2) is 5.45. The van der Waals surface area contributed by atoms with Crippen LogP contribution in [-0.2, 0) is 0 Å². The van der Waals surface area contributed by atoms with Gasteiger partial charge >= 0.3 is 6.03 Å². The summed E-state index contributed by atoms with van der Waals surface area (Å²) in [6.07, 6.45) is 2.13. The zero-order valence-electron chi connectivity index (χ0n) is 10.6. The number of thiophene rings is 1. The van der Waals surface area contributed by atoms with E-state index < -0.39 is 0 Å². The van der Waals surface area contributed by atoms with Crippen LogP contribution in [0.1, 0.15) is 23.8 Å². The van der Waals surface area contributed by atoms with Gasteiger partial charge in [0.05, 0.1) is 6.04 Å². The normalized spacial score (nSPS) is 18.5. The van der Waals surface area contributed by atoms with Crippen molar-refractivity contribution in [3.05, 3.63) is 52.7 Å². The highest BCUT2D eigenvalue weighted by Gasteiger charge is 2.30. The molecule has 98 valence electrons. The number of hydrogen-bond donors (Lipinski definition) is 1. The molecule has 4 heteroatoms. The van der Waals surface area contributed by atoms with Gasteiger partial charge in [-0.1, -0.05) is 24.3 Å². The number of hydrogen-bond acceptors (Lipinski definition) is 2. The first-order valence-corrected chi connectivity index (χ1v) is 7.38. The van der Waals surface area contributed by atoms with E-state index in [4.69, 9.17) is 0 Å². The Morgan fingerprint density at radius 1 is 1.21 bits per heavy atom.